The molecular weight excluding hydrogens is 290 g/mol. The highest BCUT2D eigenvalue weighted by atomic mass is 32.2. The molecule has 114 valence electrons. The summed E-state index contributed by atoms with van der Waals surface area (Å²) in [4.78, 5) is 0. The molecular formula is C11H17NO7S. The number of rotatable bonds is 4. The summed E-state index contributed by atoms with van der Waals surface area (Å²) in [6.45, 7) is 1.27. The first-order valence-electron chi connectivity index (χ1n) is 6.06. The van der Waals surface area contributed by atoms with E-state index in [2.05, 4.69) is 4.72 Å². The van der Waals surface area contributed by atoms with Gasteiger partial charge in [-0.25, -0.2) is 13.1 Å². The predicted molar refractivity (Wildman–Crippen MR) is 66.3 cm³/mol. The molecule has 1 fully saturated rings. The molecule has 1 aromatic heterocycles. The number of sulfonamides is 1. The third-order valence-corrected chi connectivity index (χ3v) is 4.49. The maximum Gasteiger partial charge on any atom is 0.274 e. The summed E-state index contributed by atoms with van der Waals surface area (Å²) in [6.07, 6.45) is -4.46. The molecule has 1 aliphatic rings. The van der Waals surface area contributed by atoms with Gasteiger partial charge in [0.25, 0.3) is 10.0 Å². The Hall–Kier alpha value is -0.970. The molecule has 4 N–H and O–H groups in total. The molecule has 1 saturated heterocycles. The van der Waals surface area contributed by atoms with Gasteiger partial charge in [-0.2, -0.15) is 0 Å². The summed E-state index contributed by atoms with van der Waals surface area (Å²) < 4.78 is 35.9. The Labute approximate surface area is 116 Å². The Morgan fingerprint density at radius 1 is 1.25 bits per heavy atom. The highest BCUT2D eigenvalue weighted by Crippen LogP contribution is 2.21. The highest BCUT2D eigenvalue weighted by molar-refractivity contribution is 7.89. The molecule has 3 unspecified atom stereocenters. The van der Waals surface area contributed by atoms with Gasteiger partial charge >= 0.3 is 0 Å². The quantitative estimate of drug-likeness (QED) is 0.528. The van der Waals surface area contributed by atoms with E-state index < -0.39 is 40.5 Å². The van der Waals surface area contributed by atoms with Gasteiger partial charge in [0.2, 0.25) is 5.09 Å². The lowest BCUT2D eigenvalue weighted by Crippen LogP contribution is -2.59. The molecule has 1 aromatic rings. The average Bonchev–Trinajstić information content (AvgIpc) is 2.94. The first kappa shape index (κ1) is 15.4. The average molecular weight is 307 g/mol. The molecule has 0 radical (unpaired) electrons. The molecule has 0 aliphatic carbocycles. The Bertz CT molecular complexity index is 529. The third kappa shape index (κ3) is 3.03. The van der Waals surface area contributed by atoms with Crippen molar-refractivity contribution in [1.29, 1.82) is 0 Å². The van der Waals surface area contributed by atoms with Crippen LogP contribution in [0.15, 0.2) is 27.9 Å². The second kappa shape index (κ2) is 5.80. The zero-order valence-electron chi connectivity index (χ0n) is 10.7. The van der Waals surface area contributed by atoms with Crippen LogP contribution in [-0.4, -0.2) is 60.8 Å². The van der Waals surface area contributed by atoms with Gasteiger partial charge in [0.05, 0.1) is 12.4 Å². The molecule has 0 spiro atoms. The van der Waals surface area contributed by atoms with Gasteiger partial charge in [-0.15, -0.1) is 0 Å². The van der Waals surface area contributed by atoms with Crippen LogP contribution in [0.2, 0.25) is 0 Å². The van der Waals surface area contributed by atoms with Crippen LogP contribution >= 0.6 is 0 Å². The number of hydrogen-bond acceptors (Lipinski definition) is 7. The summed E-state index contributed by atoms with van der Waals surface area (Å²) in [5.74, 6) is 0. The smallest absolute Gasteiger partial charge is 0.274 e. The molecule has 5 atom stereocenters. The van der Waals surface area contributed by atoms with Crippen LogP contribution in [0, 0.1) is 0 Å². The molecule has 0 aromatic carbocycles. The van der Waals surface area contributed by atoms with Crippen LogP contribution in [0.1, 0.15) is 6.92 Å². The summed E-state index contributed by atoms with van der Waals surface area (Å²) >= 11 is 0. The number of aliphatic hydroxyl groups is 3. The topological polar surface area (TPSA) is 129 Å². The third-order valence-electron chi connectivity index (χ3n) is 3.19. The van der Waals surface area contributed by atoms with Crippen molar-refractivity contribution in [2.75, 3.05) is 6.54 Å². The van der Waals surface area contributed by atoms with Gasteiger partial charge in [0.15, 0.2) is 0 Å². The standard InChI is InChI=1S/C11H17NO7S/c1-6-9(13)11(15)10(14)7(19-6)5-12-20(16,17)8-3-2-4-18-8/h2-4,6-7,9-15H,5H2,1H3/t6?,7-,9-,10?,11?/m1/s1. The summed E-state index contributed by atoms with van der Waals surface area (Å²) in [6, 6.07) is 2.71. The van der Waals surface area contributed by atoms with Crippen LogP contribution in [-0.2, 0) is 14.8 Å². The number of furan rings is 1. The van der Waals surface area contributed by atoms with E-state index in [4.69, 9.17) is 9.15 Å². The minimum atomic E-state index is -3.84. The van der Waals surface area contributed by atoms with Crippen molar-refractivity contribution in [3.63, 3.8) is 0 Å². The summed E-state index contributed by atoms with van der Waals surface area (Å²) in [7, 11) is -3.84. The van der Waals surface area contributed by atoms with Gasteiger partial charge in [0.1, 0.15) is 24.4 Å². The first-order valence-corrected chi connectivity index (χ1v) is 7.54. The van der Waals surface area contributed by atoms with Gasteiger partial charge < -0.3 is 24.5 Å². The Kier molecular flexibility index (Phi) is 4.47. The fraction of sp³-hybridized carbons (Fsp3) is 0.636. The van der Waals surface area contributed by atoms with Gasteiger partial charge in [-0.1, -0.05) is 0 Å². The van der Waals surface area contributed by atoms with E-state index in [0.717, 1.165) is 0 Å². The highest BCUT2D eigenvalue weighted by Gasteiger charge is 2.42. The van der Waals surface area contributed by atoms with Crippen LogP contribution in [0.25, 0.3) is 0 Å². The van der Waals surface area contributed by atoms with E-state index in [-0.39, 0.29) is 11.6 Å². The Morgan fingerprint density at radius 3 is 2.55 bits per heavy atom. The number of ether oxygens (including phenoxy) is 1. The minimum Gasteiger partial charge on any atom is -0.452 e. The second-order valence-electron chi connectivity index (χ2n) is 4.64. The number of aliphatic hydroxyl groups excluding tert-OH is 3. The van der Waals surface area contributed by atoms with Gasteiger partial charge in [-0.05, 0) is 19.1 Å². The van der Waals surface area contributed by atoms with Crippen molar-refractivity contribution in [1.82, 2.24) is 4.72 Å². The molecule has 0 bridgehead atoms. The van der Waals surface area contributed by atoms with Crippen LogP contribution < -0.4 is 4.72 Å². The van der Waals surface area contributed by atoms with E-state index in [1.54, 1.807) is 0 Å². The monoisotopic (exact) mass is 307 g/mol. The van der Waals surface area contributed by atoms with E-state index in [9.17, 15) is 23.7 Å². The lowest BCUT2D eigenvalue weighted by atomic mass is 9.96. The van der Waals surface area contributed by atoms with Crippen molar-refractivity contribution in [3.05, 3.63) is 18.4 Å². The van der Waals surface area contributed by atoms with Crippen molar-refractivity contribution < 1.29 is 32.9 Å². The van der Waals surface area contributed by atoms with Crippen molar-refractivity contribution in [2.24, 2.45) is 0 Å². The summed E-state index contributed by atoms with van der Waals surface area (Å²) in [5.41, 5.74) is 0. The minimum absolute atomic E-state index is 0.252. The molecule has 1 aliphatic heterocycles. The van der Waals surface area contributed by atoms with Crippen LogP contribution in [0.4, 0.5) is 0 Å². The van der Waals surface area contributed by atoms with E-state index in [0.29, 0.717) is 0 Å². The predicted octanol–water partition coefficient (Wildman–Crippen LogP) is -1.57. The molecule has 2 rings (SSSR count). The lowest BCUT2D eigenvalue weighted by molar-refractivity contribution is -0.214. The molecule has 0 amide bonds. The van der Waals surface area contributed by atoms with E-state index in [1.807, 2.05) is 0 Å². The number of nitrogens with one attached hydrogen (secondary N) is 1. The zero-order chi connectivity index (χ0) is 14.9. The fourth-order valence-electron chi connectivity index (χ4n) is 1.98. The lowest BCUT2D eigenvalue weighted by Gasteiger charge is -2.39. The molecule has 9 heteroatoms. The maximum atomic E-state index is 11.8. The van der Waals surface area contributed by atoms with Crippen molar-refractivity contribution in [3.8, 4) is 0 Å². The van der Waals surface area contributed by atoms with Crippen LogP contribution in [0.3, 0.4) is 0 Å². The summed E-state index contributed by atoms with van der Waals surface area (Å²) in [5, 5.41) is 28.7. The van der Waals surface area contributed by atoms with Gasteiger partial charge in [-0.3, -0.25) is 0 Å². The Morgan fingerprint density at radius 2 is 1.95 bits per heavy atom. The van der Waals surface area contributed by atoms with Crippen molar-refractivity contribution >= 4 is 10.0 Å². The molecule has 8 nitrogen and oxygen atoms in total. The maximum absolute atomic E-state index is 11.8. The first-order chi connectivity index (χ1) is 9.33. The molecule has 20 heavy (non-hydrogen) atoms. The van der Waals surface area contributed by atoms with E-state index >= 15 is 0 Å². The van der Waals surface area contributed by atoms with E-state index in [1.165, 1.54) is 25.3 Å². The molecule has 2 heterocycles. The second-order valence-corrected chi connectivity index (χ2v) is 6.33. The zero-order valence-corrected chi connectivity index (χ0v) is 11.5. The van der Waals surface area contributed by atoms with Crippen LogP contribution in [0.5, 0.6) is 0 Å². The molecule has 0 saturated carbocycles. The Balaban J connectivity index is 2.00. The normalized spacial score (nSPS) is 35.1. The fourth-order valence-corrected chi connectivity index (χ4v) is 2.95. The number of hydrogen-bond donors (Lipinski definition) is 4. The van der Waals surface area contributed by atoms with Crippen molar-refractivity contribution in [2.45, 2.75) is 42.5 Å². The largest absolute Gasteiger partial charge is 0.452 e. The van der Waals surface area contributed by atoms with Gasteiger partial charge in [0, 0.05) is 6.54 Å². The SMILES string of the molecule is CC1O[C@H](CNS(=O)(=O)c2ccco2)C(O)C(O)[C@@H]1O.